The summed E-state index contributed by atoms with van der Waals surface area (Å²) in [5, 5.41) is 10.8. The van der Waals surface area contributed by atoms with Crippen molar-refractivity contribution in [1.29, 1.82) is 0 Å². The Hall–Kier alpha value is -0.980. The van der Waals surface area contributed by atoms with Gasteiger partial charge in [-0.25, -0.2) is 0 Å². The number of hydrogen-bond donors (Lipinski definition) is 1. The highest BCUT2D eigenvalue weighted by Crippen LogP contribution is 2.44. The van der Waals surface area contributed by atoms with Gasteiger partial charge >= 0.3 is 0 Å². The fourth-order valence-electron chi connectivity index (χ4n) is 4.54. The summed E-state index contributed by atoms with van der Waals surface area (Å²) in [6.07, 6.45) is 2.15. The van der Waals surface area contributed by atoms with Gasteiger partial charge in [0.05, 0.1) is 0 Å². The van der Waals surface area contributed by atoms with Gasteiger partial charge in [0.2, 0.25) is 0 Å². The van der Waals surface area contributed by atoms with Crippen LogP contribution in [0.1, 0.15) is 98.8 Å². The summed E-state index contributed by atoms with van der Waals surface area (Å²) in [6.45, 7) is 24.9. The minimum absolute atomic E-state index is 0.0546. The van der Waals surface area contributed by atoms with Crippen LogP contribution >= 0.6 is 0 Å². The van der Waals surface area contributed by atoms with E-state index in [0.29, 0.717) is 5.75 Å². The largest absolute Gasteiger partial charge is 0.507 e. The number of aromatic hydroxyl groups is 1. The van der Waals surface area contributed by atoms with E-state index in [1.165, 1.54) is 5.56 Å². The summed E-state index contributed by atoms with van der Waals surface area (Å²) in [7, 11) is 0. The molecule has 0 bridgehead atoms. The standard InChI is InChI=1S/C23H40O/c1-16-12-17(22(8,9)14-20(2,3)4)13-18(19(16)24)23(10,11)15-21(5,6)7/h12-13,24H,14-15H2,1-11H3. The third-order valence-corrected chi connectivity index (χ3v) is 4.76. The molecule has 0 unspecified atom stereocenters. The molecule has 1 N–H and O–H groups in total. The smallest absolute Gasteiger partial charge is 0.122 e. The Morgan fingerprint density at radius 1 is 0.708 bits per heavy atom. The maximum absolute atomic E-state index is 10.8. The Kier molecular flexibility index (Phi) is 5.61. The quantitative estimate of drug-likeness (QED) is 0.622. The van der Waals surface area contributed by atoms with E-state index >= 15 is 0 Å². The molecule has 0 atom stereocenters. The van der Waals surface area contributed by atoms with Crippen LogP contribution in [0.25, 0.3) is 0 Å². The van der Waals surface area contributed by atoms with Gasteiger partial charge in [-0.2, -0.15) is 0 Å². The molecule has 24 heavy (non-hydrogen) atoms. The average molecular weight is 333 g/mol. The fraction of sp³-hybridized carbons (Fsp3) is 0.739. The van der Waals surface area contributed by atoms with Crippen LogP contribution in [-0.4, -0.2) is 5.11 Å². The van der Waals surface area contributed by atoms with Crippen molar-refractivity contribution in [3.63, 3.8) is 0 Å². The zero-order valence-electron chi connectivity index (χ0n) is 18.0. The first-order valence-corrected chi connectivity index (χ1v) is 9.29. The second-order valence-corrected chi connectivity index (χ2v) is 11.4. The van der Waals surface area contributed by atoms with Gasteiger partial charge in [-0.15, -0.1) is 0 Å². The zero-order chi connectivity index (χ0) is 19.1. The second kappa shape index (κ2) is 6.39. The lowest BCUT2D eigenvalue weighted by atomic mass is 9.68. The monoisotopic (exact) mass is 332 g/mol. The van der Waals surface area contributed by atoms with Crippen LogP contribution in [0.4, 0.5) is 0 Å². The highest BCUT2D eigenvalue weighted by molar-refractivity contribution is 5.48. The van der Waals surface area contributed by atoms with Crippen LogP contribution in [0, 0.1) is 17.8 Å². The van der Waals surface area contributed by atoms with Crippen molar-refractivity contribution >= 4 is 0 Å². The minimum Gasteiger partial charge on any atom is -0.507 e. The number of phenolic OH excluding ortho intramolecular Hbond substituents is 1. The van der Waals surface area contributed by atoms with E-state index in [0.717, 1.165) is 24.0 Å². The van der Waals surface area contributed by atoms with Crippen molar-refractivity contribution < 1.29 is 5.11 Å². The Balaban J connectivity index is 3.42. The maximum Gasteiger partial charge on any atom is 0.122 e. The number of rotatable bonds is 4. The molecule has 0 aliphatic heterocycles. The lowest BCUT2D eigenvalue weighted by Crippen LogP contribution is -2.28. The Morgan fingerprint density at radius 2 is 1.12 bits per heavy atom. The third-order valence-electron chi connectivity index (χ3n) is 4.76. The number of hydrogen-bond acceptors (Lipinski definition) is 1. The van der Waals surface area contributed by atoms with Gasteiger partial charge in [0.1, 0.15) is 5.75 Å². The number of aryl methyl sites for hydroxylation is 1. The van der Waals surface area contributed by atoms with Crippen molar-refractivity contribution in [3.8, 4) is 5.75 Å². The molecule has 0 spiro atoms. The van der Waals surface area contributed by atoms with Crippen LogP contribution < -0.4 is 0 Å². The Labute approximate surface area is 150 Å². The van der Waals surface area contributed by atoms with E-state index in [-0.39, 0.29) is 21.7 Å². The van der Waals surface area contributed by atoms with Gasteiger partial charge in [0.15, 0.2) is 0 Å². The lowest BCUT2D eigenvalue weighted by molar-refractivity contribution is 0.274. The summed E-state index contributed by atoms with van der Waals surface area (Å²) < 4.78 is 0. The topological polar surface area (TPSA) is 20.2 Å². The highest BCUT2D eigenvalue weighted by atomic mass is 16.3. The molecular formula is C23H40O. The predicted octanol–water partition coefficient (Wildman–Crippen LogP) is 7.13. The summed E-state index contributed by atoms with van der Waals surface area (Å²) in [5.41, 5.74) is 3.95. The molecule has 1 aromatic rings. The van der Waals surface area contributed by atoms with E-state index < -0.39 is 0 Å². The van der Waals surface area contributed by atoms with Crippen LogP contribution in [0.15, 0.2) is 12.1 Å². The van der Waals surface area contributed by atoms with Gasteiger partial charge < -0.3 is 5.11 Å². The molecule has 0 heterocycles. The molecule has 1 nitrogen and oxygen atoms in total. The van der Waals surface area contributed by atoms with Crippen molar-refractivity contribution in [2.45, 2.75) is 99.8 Å². The van der Waals surface area contributed by atoms with Gasteiger partial charge in [-0.05, 0) is 52.6 Å². The van der Waals surface area contributed by atoms with Crippen LogP contribution in [0.5, 0.6) is 5.75 Å². The van der Waals surface area contributed by atoms with Gasteiger partial charge in [-0.3, -0.25) is 0 Å². The summed E-state index contributed by atoms with van der Waals surface area (Å²) >= 11 is 0. The molecule has 0 aliphatic rings. The molecule has 0 fully saturated rings. The van der Waals surface area contributed by atoms with Crippen molar-refractivity contribution in [3.05, 3.63) is 28.8 Å². The normalized spacial score (nSPS) is 14.1. The van der Waals surface area contributed by atoms with E-state index in [2.05, 4.69) is 81.4 Å². The van der Waals surface area contributed by atoms with Crippen LogP contribution in [0.3, 0.4) is 0 Å². The lowest BCUT2D eigenvalue weighted by Gasteiger charge is -2.37. The van der Waals surface area contributed by atoms with Gasteiger partial charge in [0, 0.05) is 5.56 Å². The SMILES string of the molecule is Cc1cc(C(C)(C)CC(C)(C)C)cc(C(C)(C)CC(C)(C)C)c1O. The molecule has 1 aromatic carbocycles. The zero-order valence-corrected chi connectivity index (χ0v) is 18.0. The molecule has 0 amide bonds. The highest BCUT2D eigenvalue weighted by Gasteiger charge is 2.33. The van der Waals surface area contributed by atoms with Gasteiger partial charge in [0.25, 0.3) is 0 Å². The van der Waals surface area contributed by atoms with Gasteiger partial charge in [-0.1, -0.05) is 81.4 Å². The van der Waals surface area contributed by atoms with Crippen LogP contribution in [-0.2, 0) is 10.8 Å². The Morgan fingerprint density at radius 3 is 1.54 bits per heavy atom. The first-order chi connectivity index (χ1) is 10.4. The minimum atomic E-state index is -0.0546. The van der Waals surface area contributed by atoms with Crippen LogP contribution in [0.2, 0.25) is 0 Å². The fourth-order valence-corrected chi connectivity index (χ4v) is 4.54. The molecular weight excluding hydrogens is 292 g/mol. The molecule has 1 rings (SSSR count). The van der Waals surface area contributed by atoms with E-state index in [9.17, 15) is 5.11 Å². The first-order valence-electron chi connectivity index (χ1n) is 9.29. The number of benzene rings is 1. The predicted molar refractivity (Wildman–Crippen MR) is 107 cm³/mol. The van der Waals surface area contributed by atoms with Crippen molar-refractivity contribution in [2.24, 2.45) is 10.8 Å². The molecule has 0 aromatic heterocycles. The van der Waals surface area contributed by atoms with Crippen molar-refractivity contribution in [1.82, 2.24) is 0 Å². The summed E-state index contributed by atoms with van der Waals surface area (Å²) in [4.78, 5) is 0. The number of phenols is 1. The Bertz CT molecular complexity index is 577. The average Bonchev–Trinajstić information content (AvgIpc) is 2.25. The maximum atomic E-state index is 10.8. The van der Waals surface area contributed by atoms with Crippen molar-refractivity contribution in [2.75, 3.05) is 0 Å². The third kappa shape index (κ3) is 5.53. The van der Waals surface area contributed by atoms with E-state index in [4.69, 9.17) is 0 Å². The molecule has 0 radical (unpaired) electrons. The summed E-state index contributed by atoms with van der Waals surface area (Å²) in [5.74, 6) is 0.472. The summed E-state index contributed by atoms with van der Waals surface area (Å²) in [6, 6.07) is 4.44. The molecule has 138 valence electrons. The van der Waals surface area contributed by atoms with E-state index in [1.807, 2.05) is 6.92 Å². The van der Waals surface area contributed by atoms with E-state index in [1.54, 1.807) is 0 Å². The molecule has 0 aliphatic carbocycles. The molecule has 1 heteroatoms. The molecule has 0 saturated carbocycles. The molecule has 0 saturated heterocycles. The second-order valence-electron chi connectivity index (χ2n) is 11.4. The first kappa shape index (κ1) is 21.1.